The highest BCUT2D eigenvalue weighted by molar-refractivity contribution is 5.41. The summed E-state index contributed by atoms with van der Waals surface area (Å²) in [4.78, 5) is 3.31. The van der Waals surface area contributed by atoms with Crippen LogP contribution in [0.5, 0.6) is 0 Å². The fourth-order valence-corrected chi connectivity index (χ4v) is 1.39. The minimum Gasteiger partial charge on any atom is -0.449 e. The molecular formula is C12H8F3N3O. The third-order valence-electron chi connectivity index (χ3n) is 2.29. The Bertz CT molecular complexity index is 596. The van der Waals surface area contributed by atoms with E-state index in [0.717, 1.165) is 12.3 Å². The van der Waals surface area contributed by atoms with Gasteiger partial charge in [-0.3, -0.25) is 0 Å². The second-order valence-corrected chi connectivity index (χ2v) is 3.66. The molecule has 98 valence electrons. The number of rotatable bonds is 3. The maximum absolute atomic E-state index is 12.3. The van der Waals surface area contributed by atoms with E-state index in [-0.39, 0.29) is 12.3 Å². The summed E-state index contributed by atoms with van der Waals surface area (Å²) in [5, 5.41) is 11.4. The van der Waals surface area contributed by atoms with Crippen molar-refractivity contribution in [2.45, 2.75) is 12.7 Å². The molecule has 2 aromatic rings. The number of hydrogen-bond acceptors (Lipinski definition) is 4. The third-order valence-corrected chi connectivity index (χ3v) is 2.29. The van der Waals surface area contributed by atoms with Crippen molar-refractivity contribution in [2.75, 3.05) is 5.32 Å². The number of aromatic nitrogens is 1. The van der Waals surface area contributed by atoms with Crippen molar-refractivity contribution in [3.8, 4) is 6.07 Å². The number of alkyl halides is 3. The molecule has 0 spiro atoms. The summed E-state index contributed by atoms with van der Waals surface area (Å²) in [5.74, 6) is 0.693. The van der Waals surface area contributed by atoms with Crippen LogP contribution < -0.4 is 5.32 Å². The lowest BCUT2D eigenvalue weighted by molar-refractivity contribution is -0.141. The highest BCUT2D eigenvalue weighted by Gasteiger charge is 2.31. The molecular weight excluding hydrogens is 259 g/mol. The van der Waals surface area contributed by atoms with Gasteiger partial charge in [0.25, 0.3) is 0 Å². The van der Waals surface area contributed by atoms with Crippen LogP contribution in [-0.4, -0.2) is 4.98 Å². The molecule has 2 heterocycles. The van der Waals surface area contributed by atoms with E-state index in [2.05, 4.69) is 10.3 Å². The Morgan fingerprint density at radius 2 is 2.05 bits per heavy atom. The molecule has 4 nitrogen and oxygen atoms in total. The van der Waals surface area contributed by atoms with Crippen LogP contribution in [0, 0.1) is 11.3 Å². The minimum atomic E-state index is -4.44. The lowest BCUT2D eigenvalue weighted by atomic mass is 10.3. The first-order valence-corrected chi connectivity index (χ1v) is 5.25. The number of furan rings is 1. The first-order chi connectivity index (χ1) is 8.99. The van der Waals surface area contributed by atoms with Gasteiger partial charge in [-0.1, -0.05) is 0 Å². The van der Waals surface area contributed by atoms with Gasteiger partial charge in [0.15, 0.2) is 0 Å². The first kappa shape index (κ1) is 13.0. The molecule has 0 aliphatic carbocycles. The predicted molar refractivity (Wildman–Crippen MR) is 60.0 cm³/mol. The predicted octanol–water partition coefficient (Wildman–Crippen LogP) is 3.18. The van der Waals surface area contributed by atoms with Crippen molar-refractivity contribution < 1.29 is 17.6 Å². The molecule has 7 heteroatoms. The Morgan fingerprint density at radius 1 is 1.26 bits per heavy atom. The molecule has 0 saturated carbocycles. The summed E-state index contributed by atoms with van der Waals surface area (Å²) >= 11 is 0. The molecule has 0 saturated heterocycles. The van der Waals surface area contributed by atoms with Crippen molar-refractivity contribution in [1.29, 1.82) is 5.26 Å². The quantitative estimate of drug-likeness (QED) is 0.927. The smallest absolute Gasteiger partial charge is 0.433 e. The van der Waals surface area contributed by atoms with Crippen molar-refractivity contribution in [3.63, 3.8) is 0 Å². The lowest BCUT2D eigenvalue weighted by Crippen LogP contribution is -2.08. The summed E-state index contributed by atoms with van der Waals surface area (Å²) in [6, 6.07) is 7.14. The van der Waals surface area contributed by atoms with Crippen molar-refractivity contribution in [3.05, 3.63) is 47.7 Å². The van der Waals surface area contributed by atoms with Crippen LogP contribution in [0.2, 0.25) is 0 Å². The Hall–Kier alpha value is -2.49. The maximum atomic E-state index is 12.3. The Labute approximate surface area is 106 Å². The van der Waals surface area contributed by atoms with E-state index in [1.807, 2.05) is 6.07 Å². The summed E-state index contributed by atoms with van der Waals surface area (Å²) < 4.78 is 42.0. The number of nitrogens with one attached hydrogen (secondary N) is 1. The van der Waals surface area contributed by atoms with Gasteiger partial charge in [-0.2, -0.15) is 18.4 Å². The molecule has 0 bridgehead atoms. The zero-order chi connectivity index (χ0) is 13.9. The van der Waals surface area contributed by atoms with E-state index in [0.29, 0.717) is 11.4 Å². The molecule has 0 unspecified atom stereocenters. The standard InChI is InChI=1S/C12H8F3N3O/c13-12(14,15)11-4-1-8(6-18-11)17-7-10-3-2-9(5-16)19-10/h1-4,6,17H,7H2. The van der Waals surface area contributed by atoms with Crippen LogP contribution >= 0.6 is 0 Å². The van der Waals surface area contributed by atoms with Gasteiger partial charge in [-0.05, 0) is 24.3 Å². The van der Waals surface area contributed by atoms with E-state index in [1.54, 1.807) is 6.07 Å². The molecule has 1 N–H and O–H groups in total. The second-order valence-electron chi connectivity index (χ2n) is 3.66. The molecule has 0 radical (unpaired) electrons. The van der Waals surface area contributed by atoms with E-state index in [9.17, 15) is 13.2 Å². The zero-order valence-corrected chi connectivity index (χ0v) is 9.53. The van der Waals surface area contributed by atoms with Gasteiger partial charge < -0.3 is 9.73 Å². The molecule has 19 heavy (non-hydrogen) atoms. The Kier molecular flexibility index (Phi) is 3.42. The summed E-state index contributed by atoms with van der Waals surface area (Å²) in [7, 11) is 0. The van der Waals surface area contributed by atoms with Crippen molar-refractivity contribution in [1.82, 2.24) is 4.98 Å². The third kappa shape index (κ3) is 3.25. The topological polar surface area (TPSA) is 61.9 Å². The monoisotopic (exact) mass is 267 g/mol. The number of hydrogen-bond donors (Lipinski definition) is 1. The van der Waals surface area contributed by atoms with Crippen LogP contribution in [0.25, 0.3) is 0 Å². The maximum Gasteiger partial charge on any atom is 0.433 e. The zero-order valence-electron chi connectivity index (χ0n) is 9.53. The lowest BCUT2D eigenvalue weighted by Gasteiger charge is -2.07. The number of nitriles is 1. The minimum absolute atomic E-state index is 0.183. The van der Waals surface area contributed by atoms with E-state index in [1.165, 1.54) is 12.1 Å². The largest absolute Gasteiger partial charge is 0.449 e. The first-order valence-electron chi connectivity index (χ1n) is 5.25. The molecule has 0 fully saturated rings. The summed E-state index contributed by atoms with van der Waals surface area (Å²) in [5.41, 5.74) is -0.509. The number of pyridine rings is 1. The van der Waals surface area contributed by atoms with Gasteiger partial charge in [0.2, 0.25) is 5.76 Å². The average molecular weight is 267 g/mol. The molecule has 0 aliphatic rings. The summed E-state index contributed by atoms with van der Waals surface area (Å²) in [6.07, 6.45) is -3.35. The van der Waals surface area contributed by atoms with E-state index in [4.69, 9.17) is 9.68 Å². The van der Waals surface area contributed by atoms with Gasteiger partial charge in [-0.25, -0.2) is 4.98 Å². The molecule has 0 aliphatic heterocycles. The fourth-order valence-electron chi connectivity index (χ4n) is 1.39. The van der Waals surface area contributed by atoms with E-state index < -0.39 is 11.9 Å². The second kappa shape index (κ2) is 5.02. The number of nitrogens with zero attached hydrogens (tertiary/aromatic N) is 2. The van der Waals surface area contributed by atoms with Crippen molar-refractivity contribution in [2.24, 2.45) is 0 Å². The fraction of sp³-hybridized carbons (Fsp3) is 0.167. The van der Waals surface area contributed by atoms with Gasteiger partial charge in [-0.15, -0.1) is 0 Å². The molecule has 0 atom stereocenters. The van der Waals surface area contributed by atoms with E-state index >= 15 is 0 Å². The van der Waals surface area contributed by atoms with Crippen molar-refractivity contribution >= 4 is 5.69 Å². The van der Waals surface area contributed by atoms with Crippen LogP contribution in [0.3, 0.4) is 0 Å². The highest BCUT2D eigenvalue weighted by atomic mass is 19.4. The molecule has 2 aromatic heterocycles. The van der Waals surface area contributed by atoms with Gasteiger partial charge in [0.05, 0.1) is 18.4 Å². The van der Waals surface area contributed by atoms with Crippen LogP contribution in [-0.2, 0) is 12.7 Å². The van der Waals surface area contributed by atoms with Gasteiger partial charge >= 0.3 is 6.18 Å². The Morgan fingerprint density at radius 3 is 2.58 bits per heavy atom. The van der Waals surface area contributed by atoms with Crippen LogP contribution in [0.4, 0.5) is 18.9 Å². The number of anilines is 1. The van der Waals surface area contributed by atoms with Gasteiger partial charge in [0.1, 0.15) is 17.5 Å². The molecule has 2 rings (SSSR count). The number of halogens is 3. The summed E-state index contributed by atoms with van der Waals surface area (Å²) in [6.45, 7) is 0.259. The highest BCUT2D eigenvalue weighted by Crippen LogP contribution is 2.27. The average Bonchev–Trinajstić information content (AvgIpc) is 2.84. The molecule has 0 amide bonds. The normalized spacial score (nSPS) is 11.1. The van der Waals surface area contributed by atoms with Gasteiger partial charge in [0, 0.05) is 0 Å². The van der Waals surface area contributed by atoms with Crippen LogP contribution in [0.15, 0.2) is 34.9 Å². The SMILES string of the molecule is N#Cc1ccc(CNc2ccc(C(F)(F)F)nc2)o1. The Balaban J connectivity index is 1.99. The molecule has 0 aromatic carbocycles. The van der Waals surface area contributed by atoms with Crippen LogP contribution in [0.1, 0.15) is 17.2 Å².